The molecule has 0 spiro atoms. The van der Waals surface area contributed by atoms with Crippen LogP contribution in [0.3, 0.4) is 0 Å². The van der Waals surface area contributed by atoms with Crippen LogP contribution in [0.4, 0.5) is 0 Å². The molecule has 2 atom stereocenters. The molecule has 1 fully saturated rings. The predicted molar refractivity (Wildman–Crippen MR) is 114 cm³/mol. The molecule has 0 aromatic heterocycles. The molecule has 1 saturated heterocycles. The lowest BCUT2D eigenvalue weighted by molar-refractivity contribution is -0.0138. The zero-order valence-electron chi connectivity index (χ0n) is 15.8. The summed E-state index contributed by atoms with van der Waals surface area (Å²) in [6.07, 6.45) is 9.94. The Labute approximate surface area is 164 Å². The van der Waals surface area contributed by atoms with Gasteiger partial charge in [0.05, 0.1) is 6.10 Å². The van der Waals surface area contributed by atoms with E-state index < -0.39 is 0 Å². The number of hydrogen-bond donors (Lipinski definition) is 1. The third kappa shape index (κ3) is 5.37. The highest BCUT2D eigenvalue weighted by atomic mass is 32.1. The predicted octanol–water partition coefficient (Wildman–Crippen LogP) is 6.13. The molecule has 1 heterocycles. The van der Waals surface area contributed by atoms with Crippen LogP contribution in [0.15, 0.2) is 60.7 Å². The Kier molecular flexibility index (Phi) is 7.64. The van der Waals surface area contributed by atoms with Crippen molar-refractivity contribution in [2.45, 2.75) is 57.5 Å². The molecule has 1 aliphatic rings. The highest BCUT2D eigenvalue weighted by Gasteiger charge is 2.40. The number of unbranched alkanes of at least 4 members (excludes halogenated alkanes) is 1. The van der Waals surface area contributed by atoms with Crippen molar-refractivity contribution < 1.29 is 4.74 Å². The number of aryl methyl sites for hydroxylation is 1. The van der Waals surface area contributed by atoms with Gasteiger partial charge in [0.25, 0.3) is 0 Å². The molecule has 0 radical (unpaired) electrons. The fraction of sp³-hybridized carbons (Fsp3) is 0.500. The molecule has 26 heavy (non-hydrogen) atoms. The normalized spacial score (nSPS) is 19.3. The lowest BCUT2D eigenvalue weighted by Gasteiger charge is -2.39. The third-order valence-corrected chi connectivity index (χ3v) is 6.17. The number of thiol groups is 1. The molecule has 140 valence electrons. The van der Waals surface area contributed by atoms with Gasteiger partial charge in [-0.1, -0.05) is 67.1 Å². The maximum absolute atomic E-state index is 6.29. The number of hydrogen-bond acceptors (Lipinski definition) is 2. The summed E-state index contributed by atoms with van der Waals surface area (Å²) in [5.41, 5.74) is 3.12. The second kappa shape index (κ2) is 10.2. The summed E-state index contributed by atoms with van der Waals surface area (Å²) in [6, 6.07) is 21.9. The van der Waals surface area contributed by atoms with E-state index in [9.17, 15) is 0 Å². The first-order valence-electron chi connectivity index (χ1n) is 10.1. The standard InChI is InChI=1S/C24H32OS/c26-19-8-7-16-24(23-14-9-18-25-23,20-22-12-5-2-6-13-22)17-15-21-10-3-1-4-11-21/h1-6,10-13,23,26H,7-9,14-20H2. The molecule has 3 rings (SSSR count). The summed E-state index contributed by atoms with van der Waals surface area (Å²) < 4.78 is 6.29. The molecule has 2 aromatic carbocycles. The Morgan fingerprint density at radius 2 is 1.58 bits per heavy atom. The van der Waals surface area contributed by atoms with E-state index >= 15 is 0 Å². The minimum atomic E-state index is 0.233. The lowest BCUT2D eigenvalue weighted by atomic mass is 9.68. The van der Waals surface area contributed by atoms with E-state index in [1.54, 1.807) is 0 Å². The fourth-order valence-electron chi connectivity index (χ4n) is 4.43. The van der Waals surface area contributed by atoms with Crippen LogP contribution in [0.5, 0.6) is 0 Å². The summed E-state index contributed by atoms with van der Waals surface area (Å²) >= 11 is 4.44. The van der Waals surface area contributed by atoms with Crippen molar-refractivity contribution in [2.75, 3.05) is 12.4 Å². The van der Waals surface area contributed by atoms with E-state index in [1.807, 2.05) is 0 Å². The Hall–Kier alpha value is -1.25. The van der Waals surface area contributed by atoms with Crippen LogP contribution in [-0.4, -0.2) is 18.5 Å². The highest BCUT2D eigenvalue weighted by Crippen LogP contribution is 2.43. The van der Waals surface area contributed by atoms with Gasteiger partial charge < -0.3 is 4.74 Å². The fourth-order valence-corrected chi connectivity index (χ4v) is 4.65. The van der Waals surface area contributed by atoms with Crippen molar-refractivity contribution in [1.29, 1.82) is 0 Å². The lowest BCUT2D eigenvalue weighted by Crippen LogP contribution is -2.38. The second-order valence-corrected chi connectivity index (χ2v) is 8.14. The Morgan fingerprint density at radius 3 is 2.19 bits per heavy atom. The molecule has 1 nitrogen and oxygen atoms in total. The molecule has 0 bridgehead atoms. The Morgan fingerprint density at radius 1 is 0.885 bits per heavy atom. The summed E-state index contributed by atoms with van der Waals surface area (Å²) in [4.78, 5) is 0. The van der Waals surface area contributed by atoms with E-state index in [0.29, 0.717) is 6.10 Å². The quantitative estimate of drug-likeness (QED) is 0.392. The molecular formula is C24H32OS. The average molecular weight is 369 g/mol. The zero-order valence-corrected chi connectivity index (χ0v) is 16.7. The molecule has 0 aliphatic carbocycles. The van der Waals surface area contributed by atoms with Crippen molar-refractivity contribution in [1.82, 2.24) is 0 Å². The first kappa shape index (κ1) is 19.5. The van der Waals surface area contributed by atoms with Crippen LogP contribution >= 0.6 is 12.6 Å². The highest BCUT2D eigenvalue weighted by molar-refractivity contribution is 7.80. The molecule has 2 unspecified atom stereocenters. The zero-order chi connectivity index (χ0) is 18.1. The topological polar surface area (TPSA) is 9.23 Å². The summed E-state index contributed by atoms with van der Waals surface area (Å²) in [6.45, 7) is 0.930. The van der Waals surface area contributed by atoms with E-state index in [2.05, 4.69) is 73.3 Å². The summed E-state index contributed by atoms with van der Waals surface area (Å²) in [7, 11) is 0. The van der Waals surface area contributed by atoms with Crippen molar-refractivity contribution >= 4 is 12.6 Å². The smallest absolute Gasteiger partial charge is 0.0635 e. The third-order valence-electron chi connectivity index (χ3n) is 5.85. The maximum Gasteiger partial charge on any atom is 0.0635 e. The van der Waals surface area contributed by atoms with Gasteiger partial charge in [-0.25, -0.2) is 0 Å². The van der Waals surface area contributed by atoms with Crippen molar-refractivity contribution in [3.8, 4) is 0 Å². The van der Waals surface area contributed by atoms with E-state index in [4.69, 9.17) is 4.74 Å². The van der Waals surface area contributed by atoms with Crippen molar-refractivity contribution in [3.05, 3.63) is 71.8 Å². The second-order valence-electron chi connectivity index (χ2n) is 7.69. The van der Waals surface area contributed by atoms with E-state index in [0.717, 1.165) is 25.2 Å². The Bertz CT molecular complexity index is 621. The van der Waals surface area contributed by atoms with Crippen LogP contribution in [0.2, 0.25) is 0 Å². The van der Waals surface area contributed by atoms with Gasteiger partial charge >= 0.3 is 0 Å². The van der Waals surface area contributed by atoms with Gasteiger partial charge in [0.15, 0.2) is 0 Å². The van der Waals surface area contributed by atoms with E-state index in [-0.39, 0.29) is 5.41 Å². The van der Waals surface area contributed by atoms with Gasteiger partial charge in [0.2, 0.25) is 0 Å². The number of benzene rings is 2. The first-order valence-corrected chi connectivity index (χ1v) is 10.8. The molecular weight excluding hydrogens is 336 g/mol. The van der Waals surface area contributed by atoms with E-state index in [1.165, 1.54) is 49.7 Å². The minimum absolute atomic E-state index is 0.233. The largest absolute Gasteiger partial charge is 0.378 e. The van der Waals surface area contributed by atoms with Gasteiger partial charge in [-0.15, -0.1) is 0 Å². The van der Waals surface area contributed by atoms with Crippen LogP contribution in [-0.2, 0) is 17.6 Å². The number of ether oxygens (including phenoxy) is 1. The van der Waals surface area contributed by atoms with Gasteiger partial charge in [0.1, 0.15) is 0 Å². The summed E-state index contributed by atoms with van der Waals surface area (Å²) in [5.74, 6) is 0.978. The van der Waals surface area contributed by atoms with Crippen molar-refractivity contribution in [3.63, 3.8) is 0 Å². The maximum atomic E-state index is 6.29. The van der Waals surface area contributed by atoms with Gasteiger partial charge in [-0.3, -0.25) is 0 Å². The first-order chi connectivity index (χ1) is 12.8. The molecule has 2 heteroatoms. The molecule has 1 aliphatic heterocycles. The van der Waals surface area contributed by atoms with Crippen molar-refractivity contribution in [2.24, 2.45) is 5.41 Å². The van der Waals surface area contributed by atoms with Gasteiger partial charge in [0, 0.05) is 12.0 Å². The molecule has 0 amide bonds. The minimum Gasteiger partial charge on any atom is -0.378 e. The van der Waals surface area contributed by atoms with Crippen LogP contribution in [0.25, 0.3) is 0 Å². The SMILES string of the molecule is SCCCCC(CCc1ccccc1)(Cc1ccccc1)C1CCCO1. The molecule has 0 N–H and O–H groups in total. The molecule has 2 aromatic rings. The average Bonchev–Trinajstić information content (AvgIpc) is 3.23. The summed E-state index contributed by atoms with van der Waals surface area (Å²) in [5, 5.41) is 0. The number of rotatable bonds is 10. The van der Waals surface area contributed by atoms with Crippen LogP contribution in [0, 0.1) is 5.41 Å². The van der Waals surface area contributed by atoms with Gasteiger partial charge in [-0.05, 0) is 61.8 Å². The Balaban J connectivity index is 1.82. The molecule has 0 saturated carbocycles. The van der Waals surface area contributed by atoms with Crippen LogP contribution < -0.4 is 0 Å². The monoisotopic (exact) mass is 368 g/mol. The van der Waals surface area contributed by atoms with Crippen LogP contribution in [0.1, 0.15) is 49.7 Å². The van der Waals surface area contributed by atoms with Gasteiger partial charge in [-0.2, -0.15) is 12.6 Å².